The molecule has 0 heterocycles. The van der Waals surface area contributed by atoms with Crippen molar-refractivity contribution >= 4 is 15.9 Å². The van der Waals surface area contributed by atoms with Gasteiger partial charge in [-0.2, -0.15) is 0 Å². The molecule has 0 saturated carbocycles. The minimum absolute atomic E-state index is 0.701. The first kappa shape index (κ1) is 29.8. The Bertz CT molecular complexity index is 1440. The minimum atomic E-state index is -1.40. The number of hydrogen-bond acceptors (Lipinski definition) is 2. The molecule has 2 atom stereocenters. The molecule has 214 valence electrons. The van der Waals surface area contributed by atoms with E-state index < -0.39 is 11.2 Å². The first-order chi connectivity index (χ1) is 19.9. The third-order valence-electron chi connectivity index (χ3n) is 8.85. The van der Waals surface area contributed by atoms with Crippen LogP contribution in [0.15, 0.2) is 95.5 Å². The van der Waals surface area contributed by atoms with E-state index in [9.17, 15) is 10.2 Å². The fraction of sp³-hybridized carbons (Fsp3) is 0.368. The number of halogens is 1. The van der Waals surface area contributed by atoms with Crippen molar-refractivity contribution in [3.8, 4) is 0 Å². The first-order valence-electron chi connectivity index (χ1n) is 15.5. The van der Waals surface area contributed by atoms with Crippen molar-refractivity contribution in [2.24, 2.45) is 0 Å². The summed E-state index contributed by atoms with van der Waals surface area (Å²) < 4.78 is 0.867. The normalized spacial score (nSPS) is 19.5. The van der Waals surface area contributed by atoms with Gasteiger partial charge in [-0.05, 0) is 76.8 Å². The van der Waals surface area contributed by atoms with Crippen LogP contribution in [0.25, 0.3) is 0 Å². The van der Waals surface area contributed by atoms with Gasteiger partial charge in [-0.1, -0.05) is 147 Å². The van der Waals surface area contributed by atoms with Crippen LogP contribution in [0.1, 0.15) is 110 Å². The predicted octanol–water partition coefficient (Wildman–Crippen LogP) is 9.58. The molecule has 0 bridgehead atoms. The zero-order valence-electron chi connectivity index (χ0n) is 24.5. The van der Waals surface area contributed by atoms with Crippen molar-refractivity contribution in [1.82, 2.24) is 0 Å². The van der Waals surface area contributed by atoms with Crippen LogP contribution in [0.2, 0.25) is 0 Å². The van der Waals surface area contributed by atoms with Gasteiger partial charge < -0.3 is 10.2 Å². The molecule has 5 rings (SSSR count). The number of rotatable bonds is 12. The van der Waals surface area contributed by atoms with Gasteiger partial charge in [-0.25, -0.2) is 0 Å². The van der Waals surface area contributed by atoms with E-state index >= 15 is 0 Å². The highest BCUT2D eigenvalue weighted by atomic mass is 79.9. The smallest absolute Gasteiger partial charge is 0.141 e. The molecule has 2 unspecified atom stereocenters. The van der Waals surface area contributed by atoms with Crippen molar-refractivity contribution in [2.75, 3.05) is 0 Å². The summed E-state index contributed by atoms with van der Waals surface area (Å²) >= 11 is 3.65. The SMILES string of the molecule is CCCCCCc1ccc(C2(O)c3ccccc3C(O)(c3ccc(CCCCCC)cc3)c3cc(Br)ccc32)cc1. The molecule has 2 N–H and O–H groups in total. The lowest BCUT2D eigenvalue weighted by Gasteiger charge is -2.45. The minimum Gasteiger partial charge on any atom is -0.376 e. The third kappa shape index (κ3) is 5.82. The van der Waals surface area contributed by atoms with Gasteiger partial charge in [0.15, 0.2) is 0 Å². The highest BCUT2D eigenvalue weighted by Gasteiger charge is 2.50. The summed E-state index contributed by atoms with van der Waals surface area (Å²) in [6.45, 7) is 4.47. The molecule has 0 fully saturated rings. The molecular weight excluding hydrogens is 568 g/mol. The Morgan fingerprint density at radius 3 is 1.41 bits per heavy atom. The van der Waals surface area contributed by atoms with Gasteiger partial charge in [0, 0.05) is 10.0 Å². The molecule has 0 saturated heterocycles. The van der Waals surface area contributed by atoms with Crippen LogP contribution in [-0.2, 0) is 24.0 Å². The lowest BCUT2D eigenvalue weighted by Crippen LogP contribution is -2.44. The summed E-state index contributed by atoms with van der Waals surface area (Å²) in [6, 6.07) is 30.6. The molecule has 4 aromatic rings. The van der Waals surface area contributed by atoms with Crippen LogP contribution in [0.4, 0.5) is 0 Å². The van der Waals surface area contributed by atoms with E-state index in [0.717, 1.165) is 34.0 Å². The Hall–Kier alpha value is -2.72. The predicted molar refractivity (Wildman–Crippen MR) is 173 cm³/mol. The molecule has 2 nitrogen and oxygen atoms in total. The summed E-state index contributed by atoms with van der Waals surface area (Å²) in [7, 11) is 0. The fourth-order valence-corrected chi connectivity index (χ4v) is 6.86. The number of fused-ring (bicyclic) bond motifs is 2. The topological polar surface area (TPSA) is 40.5 Å². The second-order valence-corrected chi connectivity index (χ2v) is 12.6. The monoisotopic (exact) mass is 610 g/mol. The summed E-state index contributed by atoms with van der Waals surface area (Å²) in [6.07, 6.45) is 12.0. The van der Waals surface area contributed by atoms with E-state index in [1.54, 1.807) is 0 Å². The molecule has 41 heavy (non-hydrogen) atoms. The van der Waals surface area contributed by atoms with Crippen molar-refractivity contribution in [2.45, 2.75) is 89.3 Å². The molecule has 1 aliphatic carbocycles. The Morgan fingerprint density at radius 2 is 0.951 bits per heavy atom. The Kier molecular flexibility index (Phi) is 9.49. The average molecular weight is 612 g/mol. The Balaban J connectivity index is 1.56. The summed E-state index contributed by atoms with van der Waals surface area (Å²) in [4.78, 5) is 0. The molecule has 4 aromatic carbocycles. The Labute approximate surface area is 254 Å². The molecule has 3 heteroatoms. The number of benzene rings is 4. The van der Waals surface area contributed by atoms with Gasteiger partial charge in [-0.15, -0.1) is 0 Å². The lowest BCUT2D eigenvalue weighted by molar-refractivity contribution is 0.0747. The van der Waals surface area contributed by atoms with Gasteiger partial charge >= 0.3 is 0 Å². The van der Waals surface area contributed by atoms with Crippen LogP contribution in [0.3, 0.4) is 0 Å². The maximum absolute atomic E-state index is 12.7. The summed E-state index contributed by atoms with van der Waals surface area (Å²) in [5.74, 6) is 0. The highest BCUT2D eigenvalue weighted by Crippen LogP contribution is 2.53. The highest BCUT2D eigenvalue weighted by molar-refractivity contribution is 9.10. The van der Waals surface area contributed by atoms with Gasteiger partial charge in [0.25, 0.3) is 0 Å². The maximum atomic E-state index is 12.7. The van der Waals surface area contributed by atoms with Gasteiger partial charge in [0.05, 0.1) is 0 Å². The van der Waals surface area contributed by atoms with Crippen LogP contribution in [-0.4, -0.2) is 10.2 Å². The second kappa shape index (κ2) is 13.1. The van der Waals surface area contributed by atoms with Gasteiger partial charge in [0.1, 0.15) is 11.2 Å². The van der Waals surface area contributed by atoms with E-state index in [1.165, 1.54) is 62.5 Å². The average Bonchev–Trinajstić information content (AvgIpc) is 3.01. The standard InChI is InChI=1S/C38H43BrO2/c1-3-5-7-9-13-28-17-21-30(22-18-28)37(40)33-15-11-12-16-34(33)38(41,36-27-32(39)25-26-35(36)37)31-23-19-29(20-24-31)14-10-8-6-4-2/h11-12,15-27,40-41H,3-10,13-14H2,1-2H3. The maximum Gasteiger partial charge on any atom is 0.141 e. The van der Waals surface area contributed by atoms with E-state index in [0.29, 0.717) is 16.7 Å². The van der Waals surface area contributed by atoms with Crippen molar-refractivity contribution in [3.05, 3.63) is 140 Å². The van der Waals surface area contributed by atoms with E-state index in [-0.39, 0.29) is 0 Å². The van der Waals surface area contributed by atoms with Gasteiger partial charge in [0.2, 0.25) is 0 Å². The van der Waals surface area contributed by atoms with E-state index in [2.05, 4.69) is 78.3 Å². The molecule has 0 amide bonds. The number of hydrogen-bond donors (Lipinski definition) is 2. The van der Waals surface area contributed by atoms with Crippen molar-refractivity contribution < 1.29 is 10.2 Å². The van der Waals surface area contributed by atoms with Gasteiger partial charge in [-0.3, -0.25) is 0 Å². The van der Waals surface area contributed by atoms with Crippen LogP contribution < -0.4 is 0 Å². The van der Waals surface area contributed by atoms with E-state index in [1.807, 2.05) is 42.5 Å². The lowest BCUT2D eigenvalue weighted by atomic mass is 9.63. The molecule has 0 aliphatic heterocycles. The largest absolute Gasteiger partial charge is 0.376 e. The van der Waals surface area contributed by atoms with Crippen LogP contribution >= 0.6 is 15.9 Å². The van der Waals surface area contributed by atoms with Crippen molar-refractivity contribution in [1.29, 1.82) is 0 Å². The quantitative estimate of drug-likeness (QED) is 0.157. The fourth-order valence-electron chi connectivity index (χ4n) is 6.49. The first-order valence-corrected chi connectivity index (χ1v) is 16.3. The summed E-state index contributed by atoms with van der Waals surface area (Å²) in [5, 5.41) is 25.5. The number of aryl methyl sites for hydroxylation is 2. The molecule has 0 spiro atoms. The van der Waals surface area contributed by atoms with Crippen molar-refractivity contribution in [3.63, 3.8) is 0 Å². The number of aliphatic hydroxyl groups is 2. The molecule has 0 radical (unpaired) electrons. The van der Waals surface area contributed by atoms with Crippen LogP contribution in [0, 0.1) is 0 Å². The molecule has 0 aromatic heterocycles. The second-order valence-electron chi connectivity index (χ2n) is 11.7. The zero-order chi connectivity index (χ0) is 28.9. The summed E-state index contributed by atoms with van der Waals surface area (Å²) in [5.41, 5.74) is 4.26. The molecular formula is C38H43BrO2. The third-order valence-corrected chi connectivity index (χ3v) is 9.34. The van der Waals surface area contributed by atoms with Crippen LogP contribution in [0.5, 0.6) is 0 Å². The number of unbranched alkanes of at least 4 members (excludes halogenated alkanes) is 6. The molecule has 1 aliphatic rings. The zero-order valence-corrected chi connectivity index (χ0v) is 26.1. The van der Waals surface area contributed by atoms with E-state index in [4.69, 9.17) is 0 Å². The Morgan fingerprint density at radius 1 is 0.512 bits per heavy atom.